The van der Waals surface area contributed by atoms with Crippen molar-refractivity contribution in [3.63, 3.8) is 0 Å². The summed E-state index contributed by atoms with van der Waals surface area (Å²) >= 11 is 0. The molecule has 2 heterocycles. The van der Waals surface area contributed by atoms with Crippen LogP contribution in [0.15, 0.2) is 69.9 Å². The summed E-state index contributed by atoms with van der Waals surface area (Å²) in [5.41, 5.74) is 3.53. The number of rotatable bonds is 2. The highest BCUT2D eigenvalue weighted by Gasteiger charge is 2.31. The first-order valence-electron chi connectivity index (χ1n) is 10.4. The smallest absolute Gasteiger partial charge is 0.231 e. The number of nitrogens with zero attached hydrogens (tertiary/aromatic N) is 1. The number of fused-ring (bicyclic) bond motifs is 4. The van der Waals surface area contributed by atoms with Crippen molar-refractivity contribution in [2.75, 3.05) is 13.9 Å². The van der Waals surface area contributed by atoms with Gasteiger partial charge in [0, 0.05) is 6.07 Å². The molecule has 3 aromatic carbocycles. The standard InChI is InChI=1S/C27H17NO5/c1-30-17-8-6-15(7-9-17)25-19-5-3-2-4-18(19)16(13-28)10-21-26(29)20-11-23-24(32-14-31-23)12-22(20)33-27(21)25/h2-12,25H,14H2,1H3. The fourth-order valence-electron chi connectivity index (χ4n) is 4.54. The SMILES string of the molecule is COc1ccc(C2c3ccccc3C(C#N)=Cc3c2oc2cc4c(cc2c3=O)OCO4)cc1. The van der Waals surface area contributed by atoms with Gasteiger partial charge in [0.05, 0.1) is 35.6 Å². The van der Waals surface area contributed by atoms with Crippen molar-refractivity contribution < 1.29 is 18.6 Å². The minimum atomic E-state index is -0.397. The Morgan fingerprint density at radius 2 is 1.79 bits per heavy atom. The molecule has 0 N–H and O–H groups in total. The van der Waals surface area contributed by atoms with Gasteiger partial charge in [-0.2, -0.15) is 5.26 Å². The zero-order chi connectivity index (χ0) is 22.5. The average molecular weight is 435 g/mol. The molecule has 0 bridgehead atoms. The van der Waals surface area contributed by atoms with Gasteiger partial charge in [0.2, 0.25) is 6.79 Å². The van der Waals surface area contributed by atoms with E-state index < -0.39 is 5.92 Å². The van der Waals surface area contributed by atoms with Crippen LogP contribution in [0.3, 0.4) is 0 Å². The van der Waals surface area contributed by atoms with E-state index in [1.807, 2.05) is 48.5 Å². The molecule has 0 amide bonds. The van der Waals surface area contributed by atoms with E-state index in [0.29, 0.717) is 39.4 Å². The van der Waals surface area contributed by atoms with E-state index in [9.17, 15) is 10.1 Å². The highest BCUT2D eigenvalue weighted by Crippen LogP contribution is 2.43. The molecule has 0 fully saturated rings. The first kappa shape index (κ1) is 19.2. The van der Waals surface area contributed by atoms with Crippen LogP contribution >= 0.6 is 0 Å². The summed E-state index contributed by atoms with van der Waals surface area (Å²) in [5.74, 6) is 1.85. The predicted octanol–water partition coefficient (Wildman–Crippen LogP) is 5.09. The molecule has 33 heavy (non-hydrogen) atoms. The Morgan fingerprint density at radius 1 is 1.03 bits per heavy atom. The largest absolute Gasteiger partial charge is 0.497 e. The quantitative estimate of drug-likeness (QED) is 0.436. The van der Waals surface area contributed by atoms with Crippen molar-refractivity contribution in [1.29, 1.82) is 5.26 Å². The zero-order valence-corrected chi connectivity index (χ0v) is 17.6. The lowest BCUT2D eigenvalue weighted by molar-refractivity contribution is 0.174. The van der Waals surface area contributed by atoms with Crippen molar-refractivity contribution >= 4 is 22.6 Å². The van der Waals surface area contributed by atoms with Crippen molar-refractivity contribution in [3.8, 4) is 23.3 Å². The lowest BCUT2D eigenvalue weighted by atomic mass is 9.85. The van der Waals surface area contributed by atoms with Crippen LogP contribution in [0.4, 0.5) is 0 Å². The van der Waals surface area contributed by atoms with Crippen LogP contribution < -0.4 is 19.6 Å². The minimum Gasteiger partial charge on any atom is -0.497 e. The Bertz CT molecular complexity index is 1560. The number of ether oxygens (including phenoxy) is 3. The minimum absolute atomic E-state index is 0.0971. The fraction of sp³-hybridized carbons (Fsp3) is 0.111. The van der Waals surface area contributed by atoms with E-state index in [1.165, 1.54) is 0 Å². The van der Waals surface area contributed by atoms with E-state index in [2.05, 4.69) is 6.07 Å². The van der Waals surface area contributed by atoms with Crippen LogP contribution in [0.1, 0.15) is 33.9 Å². The predicted molar refractivity (Wildman–Crippen MR) is 122 cm³/mol. The van der Waals surface area contributed by atoms with E-state index in [4.69, 9.17) is 18.6 Å². The molecule has 1 aliphatic carbocycles. The molecule has 0 saturated carbocycles. The topological polar surface area (TPSA) is 81.7 Å². The summed E-state index contributed by atoms with van der Waals surface area (Å²) in [6.45, 7) is 0.0971. The molecular weight excluding hydrogens is 418 g/mol. The Hall–Kier alpha value is -4.50. The lowest BCUT2D eigenvalue weighted by Crippen LogP contribution is -2.13. The maximum absolute atomic E-state index is 13.7. The normalized spacial score (nSPS) is 15.8. The van der Waals surface area contributed by atoms with E-state index in [1.54, 1.807) is 25.3 Å². The van der Waals surface area contributed by atoms with Gasteiger partial charge in [0.1, 0.15) is 17.1 Å². The van der Waals surface area contributed by atoms with Crippen LogP contribution in [0.5, 0.6) is 17.2 Å². The summed E-state index contributed by atoms with van der Waals surface area (Å²) in [5, 5.41) is 10.3. The van der Waals surface area contributed by atoms with Crippen molar-refractivity contribution in [2.24, 2.45) is 0 Å². The highest BCUT2D eigenvalue weighted by molar-refractivity contribution is 5.95. The number of allylic oxidation sites excluding steroid dienone is 1. The van der Waals surface area contributed by atoms with Crippen LogP contribution in [-0.4, -0.2) is 13.9 Å². The van der Waals surface area contributed by atoms with Gasteiger partial charge in [-0.1, -0.05) is 36.4 Å². The molecule has 1 aromatic heterocycles. The van der Waals surface area contributed by atoms with Gasteiger partial charge in [0.15, 0.2) is 16.9 Å². The van der Waals surface area contributed by atoms with Crippen LogP contribution in [0.2, 0.25) is 0 Å². The molecule has 6 nitrogen and oxygen atoms in total. The highest BCUT2D eigenvalue weighted by atomic mass is 16.7. The third-order valence-electron chi connectivity index (χ3n) is 6.13. The number of nitriles is 1. The van der Waals surface area contributed by atoms with E-state index in [-0.39, 0.29) is 12.2 Å². The Labute approximate surface area is 188 Å². The van der Waals surface area contributed by atoms with Gasteiger partial charge < -0.3 is 18.6 Å². The second kappa shape index (κ2) is 7.28. The van der Waals surface area contributed by atoms with Gasteiger partial charge in [-0.05, 0) is 41.0 Å². The van der Waals surface area contributed by atoms with Gasteiger partial charge in [-0.3, -0.25) is 4.79 Å². The third kappa shape index (κ3) is 2.90. The molecule has 6 heteroatoms. The van der Waals surface area contributed by atoms with Crippen molar-refractivity contribution in [3.05, 3.63) is 98.9 Å². The molecule has 0 saturated heterocycles. The average Bonchev–Trinajstić information content (AvgIpc) is 3.26. The van der Waals surface area contributed by atoms with Gasteiger partial charge in [0.25, 0.3) is 0 Å². The van der Waals surface area contributed by atoms with E-state index in [0.717, 1.165) is 22.4 Å². The molecule has 160 valence electrons. The van der Waals surface area contributed by atoms with Gasteiger partial charge in [-0.25, -0.2) is 0 Å². The fourth-order valence-corrected chi connectivity index (χ4v) is 4.54. The number of hydrogen-bond donors (Lipinski definition) is 0. The zero-order valence-electron chi connectivity index (χ0n) is 17.6. The first-order chi connectivity index (χ1) is 16.2. The number of methoxy groups -OCH3 is 1. The molecule has 6 rings (SSSR count). The summed E-state index contributed by atoms with van der Waals surface area (Å²) < 4.78 is 22.7. The van der Waals surface area contributed by atoms with Crippen LogP contribution in [0.25, 0.3) is 22.6 Å². The molecule has 0 radical (unpaired) electrons. The molecule has 1 aliphatic heterocycles. The van der Waals surface area contributed by atoms with Crippen molar-refractivity contribution in [1.82, 2.24) is 0 Å². The maximum Gasteiger partial charge on any atom is 0.231 e. The lowest BCUT2D eigenvalue weighted by Gasteiger charge is -2.20. The second-order valence-corrected chi connectivity index (χ2v) is 7.87. The second-order valence-electron chi connectivity index (χ2n) is 7.87. The molecule has 1 unspecified atom stereocenters. The van der Waals surface area contributed by atoms with Gasteiger partial charge in [-0.15, -0.1) is 0 Å². The Morgan fingerprint density at radius 3 is 2.55 bits per heavy atom. The molecule has 1 atom stereocenters. The Balaban J connectivity index is 1.71. The van der Waals surface area contributed by atoms with E-state index >= 15 is 0 Å². The maximum atomic E-state index is 13.7. The van der Waals surface area contributed by atoms with Crippen LogP contribution in [0, 0.1) is 11.3 Å². The first-order valence-corrected chi connectivity index (χ1v) is 10.4. The monoisotopic (exact) mass is 435 g/mol. The van der Waals surface area contributed by atoms with Gasteiger partial charge >= 0.3 is 0 Å². The van der Waals surface area contributed by atoms with Crippen LogP contribution in [-0.2, 0) is 0 Å². The Kier molecular flexibility index (Phi) is 4.24. The summed E-state index contributed by atoms with van der Waals surface area (Å²) in [6.07, 6.45) is 1.63. The molecule has 4 aromatic rings. The molecular formula is C27H17NO5. The number of hydrogen-bond acceptors (Lipinski definition) is 6. The van der Waals surface area contributed by atoms with Crippen molar-refractivity contribution in [2.45, 2.75) is 5.92 Å². The summed E-state index contributed by atoms with van der Waals surface area (Å²) in [6, 6.07) is 20.9. The number of benzene rings is 3. The third-order valence-corrected chi connectivity index (χ3v) is 6.13. The summed E-state index contributed by atoms with van der Waals surface area (Å²) in [7, 11) is 1.61. The molecule has 0 spiro atoms. The summed E-state index contributed by atoms with van der Waals surface area (Å²) in [4.78, 5) is 13.7. The molecule has 2 aliphatic rings.